The fourth-order valence-electron chi connectivity index (χ4n) is 9.73. The molecule has 0 saturated heterocycles. The zero-order valence-corrected chi connectivity index (χ0v) is 50.5. The quantitative estimate of drug-likeness (QED) is 0.0373. The van der Waals surface area contributed by atoms with Gasteiger partial charge in [-0.05, 0) is 89.9 Å². The van der Waals surface area contributed by atoms with Crippen molar-refractivity contribution in [2.45, 2.75) is 341 Å². The Kier molecular flexibility index (Phi) is 63.8. The van der Waals surface area contributed by atoms with Crippen LogP contribution in [-0.4, -0.2) is 36.4 Å². The monoisotopic (exact) mass is 1060 g/mol. The van der Waals surface area contributed by atoms with E-state index in [9.17, 15) is 14.7 Å². The van der Waals surface area contributed by atoms with Crippen molar-refractivity contribution in [3.8, 4) is 0 Å². The molecule has 440 valence electrons. The number of allylic oxidation sites excluding steroid dienone is 14. The molecule has 0 spiro atoms. The largest absolute Gasteiger partial charge is 0.462 e. The topological polar surface area (TPSA) is 72.8 Å². The molecule has 0 rings (SSSR count). The SMILES string of the molecule is CC/C=C\C/C=C\C/C=C\C/C=C\CCCCCCCCCCCCCCCCCCCCCCCCCCC(=O)OC(CO)COC(=O)CCCCCCCCCCCC/C=C\C/C=C\C/C=C\CCCCCCC. The summed E-state index contributed by atoms with van der Waals surface area (Å²) < 4.78 is 10.7. The van der Waals surface area contributed by atoms with E-state index in [1.54, 1.807) is 0 Å². The Morgan fingerprint density at radius 3 is 0.855 bits per heavy atom. The Morgan fingerprint density at radius 2 is 0.566 bits per heavy atom. The molecule has 0 aliphatic rings. The Balaban J connectivity index is 3.43. The highest BCUT2D eigenvalue weighted by atomic mass is 16.6. The molecule has 0 saturated carbocycles. The number of esters is 2. The molecule has 5 nitrogen and oxygen atoms in total. The summed E-state index contributed by atoms with van der Waals surface area (Å²) in [7, 11) is 0. The van der Waals surface area contributed by atoms with Crippen molar-refractivity contribution in [1.82, 2.24) is 0 Å². The maximum absolute atomic E-state index is 12.4. The molecule has 0 aliphatic carbocycles. The molecule has 0 aromatic carbocycles. The van der Waals surface area contributed by atoms with Gasteiger partial charge in [-0.1, -0.05) is 317 Å². The summed E-state index contributed by atoms with van der Waals surface area (Å²) in [6, 6.07) is 0. The second-order valence-electron chi connectivity index (χ2n) is 22.2. The van der Waals surface area contributed by atoms with Crippen LogP contribution in [0.3, 0.4) is 0 Å². The van der Waals surface area contributed by atoms with Gasteiger partial charge in [0.1, 0.15) is 6.61 Å². The van der Waals surface area contributed by atoms with Gasteiger partial charge >= 0.3 is 11.9 Å². The number of hydrogen-bond donors (Lipinski definition) is 1. The van der Waals surface area contributed by atoms with Crippen LogP contribution in [0.1, 0.15) is 335 Å². The first-order valence-corrected chi connectivity index (χ1v) is 33.1. The average Bonchev–Trinajstić information content (AvgIpc) is 3.42. The van der Waals surface area contributed by atoms with E-state index >= 15 is 0 Å². The summed E-state index contributed by atoms with van der Waals surface area (Å²) >= 11 is 0. The molecule has 0 aromatic heterocycles. The molecule has 1 atom stereocenters. The standard InChI is InChI=1S/C71H126O5/c1-3-5-7-9-11-13-15-17-19-21-23-25-27-29-30-31-32-33-34-35-36-37-38-39-40-42-44-46-48-50-52-54-56-58-60-62-64-66-71(74)76-69(67-72)68-75-70(73)65-63-61-59-57-55-53-51-49-47-45-43-41-28-26-24-22-20-18-16-14-12-10-8-6-4-2/h5,7,11,13,16-19,22-25,28,41,69,72H,3-4,6,8-10,12,14-15,20-21,26-27,29-40,42-68H2,1-2H3/b7-5-,13-11-,18-16-,19-17-,24-22-,25-23-,41-28-. The number of carbonyl (C=O) groups is 2. The third-order valence-corrected chi connectivity index (χ3v) is 14.7. The lowest BCUT2D eigenvalue weighted by molar-refractivity contribution is -0.161. The molecular weight excluding hydrogens is 933 g/mol. The first-order valence-electron chi connectivity index (χ1n) is 33.1. The lowest BCUT2D eigenvalue weighted by Gasteiger charge is -2.15. The molecule has 76 heavy (non-hydrogen) atoms. The highest BCUT2D eigenvalue weighted by Crippen LogP contribution is 2.18. The van der Waals surface area contributed by atoms with Crippen molar-refractivity contribution in [3.63, 3.8) is 0 Å². The lowest BCUT2D eigenvalue weighted by atomic mass is 10.0. The first kappa shape index (κ1) is 73.1. The first-order chi connectivity index (χ1) is 37.6. The van der Waals surface area contributed by atoms with Crippen LogP contribution in [0.15, 0.2) is 85.1 Å². The van der Waals surface area contributed by atoms with Crippen LogP contribution >= 0.6 is 0 Å². The van der Waals surface area contributed by atoms with Crippen molar-refractivity contribution in [2.75, 3.05) is 13.2 Å². The van der Waals surface area contributed by atoms with Crippen molar-refractivity contribution in [3.05, 3.63) is 85.1 Å². The van der Waals surface area contributed by atoms with E-state index in [1.807, 2.05) is 0 Å². The zero-order valence-electron chi connectivity index (χ0n) is 50.5. The van der Waals surface area contributed by atoms with Gasteiger partial charge in [0.2, 0.25) is 0 Å². The number of rotatable bonds is 61. The number of hydrogen-bond acceptors (Lipinski definition) is 5. The third-order valence-electron chi connectivity index (χ3n) is 14.7. The molecule has 0 amide bonds. The molecule has 1 N–H and O–H groups in total. The fraction of sp³-hybridized carbons (Fsp3) is 0.775. The van der Waals surface area contributed by atoms with Gasteiger partial charge in [-0.2, -0.15) is 0 Å². The van der Waals surface area contributed by atoms with Crippen molar-refractivity contribution < 1.29 is 24.2 Å². The summed E-state index contributed by atoms with van der Waals surface area (Å²) in [5.74, 6) is -0.581. The van der Waals surface area contributed by atoms with Gasteiger partial charge < -0.3 is 14.6 Å². The van der Waals surface area contributed by atoms with Gasteiger partial charge in [0.15, 0.2) is 6.10 Å². The van der Waals surface area contributed by atoms with Crippen LogP contribution in [0.2, 0.25) is 0 Å². The van der Waals surface area contributed by atoms with E-state index in [1.165, 1.54) is 231 Å². The molecule has 0 heterocycles. The second-order valence-corrected chi connectivity index (χ2v) is 22.2. The number of aliphatic hydroxyl groups excluding tert-OH is 1. The van der Waals surface area contributed by atoms with Crippen LogP contribution in [0.4, 0.5) is 0 Å². The van der Waals surface area contributed by atoms with Gasteiger partial charge in [0.25, 0.3) is 0 Å². The van der Waals surface area contributed by atoms with Gasteiger partial charge in [-0.15, -0.1) is 0 Å². The van der Waals surface area contributed by atoms with Gasteiger partial charge in [0, 0.05) is 12.8 Å². The molecule has 0 radical (unpaired) electrons. The number of ether oxygens (including phenoxy) is 2. The van der Waals surface area contributed by atoms with Crippen LogP contribution in [-0.2, 0) is 19.1 Å². The smallest absolute Gasteiger partial charge is 0.306 e. The highest BCUT2D eigenvalue weighted by Gasteiger charge is 2.16. The second kappa shape index (κ2) is 66.4. The summed E-state index contributed by atoms with van der Waals surface area (Å²) in [5.41, 5.74) is 0. The average molecular weight is 1060 g/mol. The van der Waals surface area contributed by atoms with Gasteiger partial charge in [-0.25, -0.2) is 0 Å². The van der Waals surface area contributed by atoms with Crippen molar-refractivity contribution >= 4 is 11.9 Å². The lowest BCUT2D eigenvalue weighted by Crippen LogP contribution is -2.28. The number of carbonyl (C=O) groups excluding carboxylic acids is 2. The highest BCUT2D eigenvalue weighted by molar-refractivity contribution is 5.70. The molecule has 0 aliphatic heterocycles. The Morgan fingerprint density at radius 1 is 0.316 bits per heavy atom. The summed E-state index contributed by atoms with van der Waals surface area (Å²) in [6.45, 7) is 4.05. The van der Waals surface area contributed by atoms with Crippen molar-refractivity contribution in [2.24, 2.45) is 0 Å². The minimum Gasteiger partial charge on any atom is -0.462 e. The van der Waals surface area contributed by atoms with Crippen LogP contribution in [0.25, 0.3) is 0 Å². The molecule has 0 aromatic rings. The minimum atomic E-state index is -0.776. The molecule has 5 heteroatoms. The zero-order chi connectivity index (χ0) is 54.8. The van der Waals surface area contributed by atoms with Crippen LogP contribution in [0.5, 0.6) is 0 Å². The molecule has 0 fully saturated rings. The fourth-order valence-corrected chi connectivity index (χ4v) is 9.73. The molecular formula is C71H126O5. The molecule has 1 unspecified atom stereocenters. The molecule has 0 bridgehead atoms. The van der Waals surface area contributed by atoms with E-state index in [0.717, 1.165) is 77.0 Å². The normalized spacial score (nSPS) is 12.7. The van der Waals surface area contributed by atoms with Crippen LogP contribution < -0.4 is 0 Å². The van der Waals surface area contributed by atoms with E-state index in [4.69, 9.17) is 9.47 Å². The van der Waals surface area contributed by atoms with E-state index in [0.29, 0.717) is 12.8 Å². The third kappa shape index (κ3) is 63.6. The Labute approximate surface area is 473 Å². The van der Waals surface area contributed by atoms with E-state index in [-0.39, 0.29) is 25.2 Å². The maximum Gasteiger partial charge on any atom is 0.306 e. The Hall–Kier alpha value is -2.92. The predicted molar refractivity (Wildman–Crippen MR) is 334 cm³/mol. The maximum atomic E-state index is 12.4. The summed E-state index contributed by atoms with van der Waals surface area (Å²) in [4.78, 5) is 24.6. The van der Waals surface area contributed by atoms with E-state index in [2.05, 4.69) is 98.9 Å². The van der Waals surface area contributed by atoms with Crippen LogP contribution in [0, 0.1) is 0 Å². The van der Waals surface area contributed by atoms with Gasteiger partial charge in [0.05, 0.1) is 6.61 Å². The number of aliphatic hydroxyl groups is 1. The minimum absolute atomic E-state index is 0.0668. The van der Waals surface area contributed by atoms with Crippen molar-refractivity contribution in [1.29, 1.82) is 0 Å². The summed E-state index contributed by atoms with van der Waals surface area (Å²) in [6.07, 6.45) is 93.2. The number of unbranched alkanes of at least 4 members (excludes halogenated alkanes) is 39. The van der Waals surface area contributed by atoms with Gasteiger partial charge in [-0.3, -0.25) is 9.59 Å². The predicted octanol–water partition coefficient (Wildman–Crippen LogP) is 22.9. The van der Waals surface area contributed by atoms with E-state index < -0.39 is 6.10 Å². The Bertz CT molecular complexity index is 1380. The summed E-state index contributed by atoms with van der Waals surface area (Å²) in [5, 5.41) is 9.69.